The zero-order valence-electron chi connectivity index (χ0n) is 37.1. The van der Waals surface area contributed by atoms with Gasteiger partial charge in [-0.1, -0.05) is 50.3 Å². The summed E-state index contributed by atoms with van der Waals surface area (Å²) in [6.07, 6.45) is 9.89. The summed E-state index contributed by atoms with van der Waals surface area (Å²) in [6.45, 7) is 8.42. The summed E-state index contributed by atoms with van der Waals surface area (Å²) in [4.78, 5) is 68.6. The van der Waals surface area contributed by atoms with Crippen molar-refractivity contribution in [2.45, 2.75) is 82.6 Å². The molecule has 0 atom stereocenters. The summed E-state index contributed by atoms with van der Waals surface area (Å²) in [6, 6.07) is 12.2. The molecule has 1 aromatic heterocycles. The van der Waals surface area contributed by atoms with Crippen molar-refractivity contribution in [2.75, 3.05) is 34.6 Å². The maximum absolute atomic E-state index is 14.6. The van der Waals surface area contributed by atoms with Gasteiger partial charge in [-0.05, 0) is 85.8 Å². The minimum absolute atomic E-state index is 0.00617. The van der Waals surface area contributed by atoms with E-state index in [4.69, 9.17) is 14.7 Å². The normalized spacial score (nSPS) is 17.4. The Morgan fingerprint density at radius 3 is 2.13 bits per heavy atom. The molecule has 20 nitrogen and oxygen atoms in total. The molecule has 3 amide bonds. The maximum atomic E-state index is 14.6. The van der Waals surface area contributed by atoms with Crippen LogP contribution in [0.25, 0.3) is 0 Å². The molecule has 0 unspecified atom stereocenters. The van der Waals surface area contributed by atoms with E-state index in [-0.39, 0.29) is 54.9 Å². The van der Waals surface area contributed by atoms with Crippen molar-refractivity contribution in [1.29, 1.82) is 0 Å². The van der Waals surface area contributed by atoms with Crippen LogP contribution in [0.3, 0.4) is 0 Å². The molecule has 6 rings (SSSR count). The number of amides is 3. The van der Waals surface area contributed by atoms with Crippen LogP contribution < -0.4 is 14.5 Å². The van der Waals surface area contributed by atoms with Gasteiger partial charge in [0, 0.05) is 42.6 Å². The van der Waals surface area contributed by atoms with E-state index in [9.17, 15) is 58.1 Å². The van der Waals surface area contributed by atoms with Crippen LogP contribution in [0.2, 0.25) is 0 Å². The number of rotatable bonds is 18. The molecule has 3 aliphatic heterocycles. The molecular formula is C44H50N5O15S3+. The fourth-order valence-electron chi connectivity index (χ4n) is 8.20. The molecule has 23 heteroatoms. The molecule has 67 heavy (non-hydrogen) atoms. The molecule has 4 heterocycles. The number of carbonyl (C=O) groups is 4. The molecule has 2 aromatic carbocycles. The lowest BCUT2D eigenvalue weighted by molar-refractivity contribution is -0.684. The van der Waals surface area contributed by atoms with E-state index in [2.05, 4.69) is 0 Å². The Balaban J connectivity index is 1.31. The van der Waals surface area contributed by atoms with Crippen LogP contribution in [-0.4, -0.2) is 98.0 Å². The first kappa shape index (κ1) is 50.5. The van der Waals surface area contributed by atoms with Gasteiger partial charge in [-0.2, -0.15) is 30.3 Å². The highest BCUT2D eigenvalue weighted by atomic mass is 32.2. The number of hydroxylamine groups is 3. The zero-order chi connectivity index (χ0) is 49.3. The molecule has 1 saturated heterocycles. The molecule has 1 fully saturated rings. The highest BCUT2D eigenvalue weighted by molar-refractivity contribution is 7.86. The van der Waals surface area contributed by atoms with Gasteiger partial charge < -0.3 is 9.74 Å². The van der Waals surface area contributed by atoms with E-state index < -0.39 is 83.0 Å². The summed E-state index contributed by atoms with van der Waals surface area (Å²) in [7, 11) is -13.2. The van der Waals surface area contributed by atoms with Gasteiger partial charge >= 0.3 is 11.8 Å². The number of fused-ring (bicyclic) bond motifs is 2. The third-order valence-corrected chi connectivity index (χ3v) is 13.9. The summed E-state index contributed by atoms with van der Waals surface area (Å²) in [5.41, 5.74) is 2.02. The summed E-state index contributed by atoms with van der Waals surface area (Å²) < 4.78 is 101. The van der Waals surface area contributed by atoms with Crippen LogP contribution in [0.5, 0.6) is 0 Å². The molecule has 3 N–H and O–H groups in total. The average Bonchev–Trinajstić information content (AvgIpc) is 3.77. The third-order valence-electron chi connectivity index (χ3n) is 11.4. The maximum Gasteiger partial charge on any atom is 0.361 e. The van der Waals surface area contributed by atoms with Gasteiger partial charge in [-0.15, -0.1) is 5.06 Å². The van der Waals surface area contributed by atoms with E-state index in [1.54, 1.807) is 72.2 Å². The van der Waals surface area contributed by atoms with Gasteiger partial charge in [0.2, 0.25) is 0 Å². The number of benzene rings is 2. The lowest BCUT2D eigenvalue weighted by atomic mass is 9.79. The molecule has 3 aromatic rings. The molecular weight excluding hydrogens is 935 g/mol. The lowest BCUT2D eigenvalue weighted by Crippen LogP contribution is -2.41. The summed E-state index contributed by atoms with van der Waals surface area (Å²) in [5, 5.41) is 1.22. The molecule has 0 spiro atoms. The van der Waals surface area contributed by atoms with E-state index in [1.807, 2.05) is 32.6 Å². The smallest absolute Gasteiger partial charge is 0.344 e. The lowest BCUT2D eigenvalue weighted by Gasteiger charge is -2.27. The fraction of sp³-hybridized carbons (Fsp3) is 0.364. The van der Waals surface area contributed by atoms with Gasteiger partial charge in [-0.25, -0.2) is 9.36 Å². The number of hydrogen-bond acceptors (Lipinski definition) is 14. The van der Waals surface area contributed by atoms with Crippen LogP contribution in [0.1, 0.15) is 80.4 Å². The number of hydrogen-bond donors (Lipinski definition) is 3. The second kappa shape index (κ2) is 19.3. The summed E-state index contributed by atoms with van der Waals surface area (Å²) >= 11 is 0. The molecule has 358 valence electrons. The Kier molecular flexibility index (Phi) is 14.6. The van der Waals surface area contributed by atoms with Crippen molar-refractivity contribution in [3.63, 3.8) is 0 Å². The second-order valence-electron chi connectivity index (χ2n) is 16.9. The number of aryl methyl sites for hydroxylation is 1. The third kappa shape index (κ3) is 11.4. The van der Waals surface area contributed by atoms with Crippen LogP contribution in [-0.2, 0) is 71.8 Å². The van der Waals surface area contributed by atoms with Crippen LogP contribution in [0.4, 0.5) is 17.2 Å². The average molecular weight is 985 g/mol. The number of carbonyl (C=O) groups excluding carboxylic acids is 4. The minimum Gasteiger partial charge on any atom is -0.344 e. The first-order valence-corrected chi connectivity index (χ1v) is 25.5. The quantitative estimate of drug-likeness (QED) is 0.0523. The Bertz CT molecular complexity index is 2970. The second-order valence-corrected chi connectivity index (χ2v) is 21.5. The topological polar surface area (TPSA) is 276 Å². The number of pyridine rings is 1. The van der Waals surface area contributed by atoms with Gasteiger partial charge in [-0.3, -0.25) is 32.9 Å². The Labute approximate surface area is 388 Å². The Morgan fingerprint density at radius 2 is 1.51 bits per heavy atom. The fourth-order valence-corrected chi connectivity index (χ4v) is 9.70. The Hall–Kier alpha value is -5.95. The first-order chi connectivity index (χ1) is 31.2. The first-order valence-electron chi connectivity index (χ1n) is 20.8. The number of anilines is 2. The predicted octanol–water partition coefficient (Wildman–Crippen LogP) is 4.43. The highest BCUT2D eigenvalue weighted by Crippen LogP contribution is 2.48. The minimum atomic E-state index is -4.54. The van der Waals surface area contributed by atoms with Crippen LogP contribution in [0, 0.1) is 6.92 Å². The van der Waals surface area contributed by atoms with Gasteiger partial charge in [0.1, 0.15) is 6.20 Å². The number of allylic oxidation sites excluding steroid dienone is 6. The number of para-hydroxylation sites is 1. The molecule has 3 aliphatic rings. The summed E-state index contributed by atoms with van der Waals surface area (Å²) in [5.74, 6) is -3.95. The number of nitrogens with zero attached hydrogens (tertiary/aromatic N) is 5. The van der Waals surface area contributed by atoms with Crippen molar-refractivity contribution in [2.24, 2.45) is 4.99 Å². The van der Waals surface area contributed by atoms with E-state index in [0.29, 0.717) is 44.7 Å². The molecule has 0 radical (unpaired) electrons. The largest absolute Gasteiger partial charge is 0.361 e. The van der Waals surface area contributed by atoms with E-state index in [1.165, 1.54) is 24.4 Å². The monoisotopic (exact) mass is 984 g/mol. The predicted molar refractivity (Wildman–Crippen MR) is 243 cm³/mol. The van der Waals surface area contributed by atoms with Gasteiger partial charge in [0.05, 0.1) is 45.2 Å². The Morgan fingerprint density at radius 1 is 0.866 bits per heavy atom. The SMILES string of the molecule is Cc1c(C(=O)N(OCC(=O)ON2C(=O)CCC2=O)c2ccccc2)c[n+](CCCS(=O)(=O)O)c2c1C(C)(C)C(/C=C/C=C/C=C1/N(CCCS(=O)(=O)O)c3ccc(S(=O)(=O)O)cc3C1(C)C)=N2. The van der Waals surface area contributed by atoms with Crippen LogP contribution in [0.15, 0.2) is 101 Å². The van der Waals surface area contributed by atoms with Crippen molar-refractivity contribution < 1.29 is 72.3 Å². The number of aromatic nitrogens is 1. The molecule has 0 bridgehead atoms. The van der Waals surface area contributed by atoms with Crippen LogP contribution >= 0.6 is 0 Å². The van der Waals surface area contributed by atoms with Gasteiger partial charge in [0.25, 0.3) is 48.1 Å². The molecule has 0 saturated carbocycles. The number of imide groups is 1. The van der Waals surface area contributed by atoms with E-state index >= 15 is 0 Å². The zero-order valence-corrected chi connectivity index (χ0v) is 39.6. The van der Waals surface area contributed by atoms with Gasteiger partial charge in [0.15, 0.2) is 12.3 Å². The van der Waals surface area contributed by atoms with E-state index in [0.717, 1.165) is 5.06 Å². The highest BCUT2D eigenvalue weighted by Gasteiger charge is 2.46. The molecule has 0 aliphatic carbocycles. The van der Waals surface area contributed by atoms with Crippen molar-refractivity contribution >= 4 is 76.9 Å². The van der Waals surface area contributed by atoms with Crippen molar-refractivity contribution in [1.82, 2.24) is 5.06 Å². The standard InChI is InChI=1S/C44H49N5O15S3/c1-29-32(42(53)48(30-14-8-6-9-15-30)63-28-39(52)64-49-37(50)20-21-38(49)51)27-46(22-12-24-65(54,55)56)41-40(29)44(4,5)35(45-41)16-10-7-11-17-36-43(2,3)33-26-31(67(60,61)62)18-19-34(33)47(36)23-13-25-66(57,58)59/h6-11,14-19,26-27H,12-13,20-25,28H2,1-5H3,(H2-,54,55,56,57,58,59,60,61,62)/p+1. The number of aliphatic imine (C=N–C) groups is 1. The van der Waals surface area contributed by atoms with Crippen molar-refractivity contribution in [3.05, 3.63) is 113 Å². The van der Waals surface area contributed by atoms with Crippen molar-refractivity contribution in [3.8, 4) is 0 Å².